The average Bonchev–Trinajstić information content (AvgIpc) is 3.40. The van der Waals surface area contributed by atoms with Crippen LogP contribution in [0.5, 0.6) is 5.75 Å². The van der Waals surface area contributed by atoms with Gasteiger partial charge < -0.3 is 14.5 Å². The summed E-state index contributed by atoms with van der Waals surface area (Å²) < 4.78 is 5.83. The molecule has 0 spiro atoms. The number of benzene rings is 2. The number of amides is 1. The first-order valence-corrected chi connectivity index (χ1v) is 12.7. The van der Waals surface area contributed by atoms with Crippen LogP contribution in [0.25, 0.3) is 0 Å². The number of piperidine rings is 1. The average molecular weight is 471 g/mol. The Bertz CT molecular complexity index is 1060. The monoisotopic (exact) mass is 470 g/mol. The summed E-state index contributed by atoms with van der Waals surface area (Å²) in [5.74, 6) is 1.07. The van der Waals surface area contributed by atoms with Gasteiger partial charge in [-0.15, -0.1) is 0 Å². The molecule has 6 nitrogen and oxygen atoms in total. The Morgan fingerprint density at radius 1 is 1.03 bits per heavy atom. The molecule has 1 amide bonds. The molecule has 2 aliphatic rings. The summed E-state index contributed by atoms with van der Waals surface area (Å²) in [7, 11) is 0. The maximum atomic E-state index is 12.4. The van der Waals surface area contributed by atoms with E-state index < -0.39 is 5.41 Å². The van der Waals surface area contributed by atoms with Gasteiger partial charge in [-0.3, -0.25) is 4.79 Å². The third kappa shape index (κ3) is 5.34. The molecule has 6 heteroatoms. The number of rotatable bonds is 8. The van der Waals surface area contributed by atoms with Gasteiger partial charge in [0.1, 0.15) is 11.2 Å². The largest absolute Gasteiger partial charge is 0.494 e. The van der Waals surface area contributed by atoms with Crippen molar-refractivity contribution in [2.45, 2.75) is 50.5 Å². The molecule has 182 valence electrons. The number of nitriles is 2. The number of ether oxygens (including phenoxy) is 1. The molecule has 0 aliphatic carbocycles. The fourth-order valence-corrected chi connectivity index (χ4v) is 5.98. The van der Waals surface area contributed by atoms with E-state index in [1.54, 1.807) is 19.1 Å². The molecule has 2 fully saturated rings. The third-order valence-electron chi connectivity index (χ3n) is 7.72. The lowest BCUT2D eigenvalue weighted by Gasteiger charge is -2.46. The molecular weight excluding hydrogens is 436 g/mol. The predicted octanol–water partition coefficient (Wildman–Crippen LogP) is 4.51. The molecule has 2 heterocycles. The highest BCUT2D eigenvalue weighted by molar-refractivity contribution is 5.74. The lowest BCUT2D eigenvalue weighted by atomic mass is 9.62. The van der Waals surface area contributed by atoms with E-state index in [0.717, 1.165) is 69.6 Å². The first kappa shape index (κ1) is 24.8. The summed E-state index contributed by atoms with van der Waals surface area (Å²) in [6.07, 6.45) is 4.66. The van der Waals surface area contributed by atoms with E-state index in [2.05, 4.69) is 29.2 Å². The molecular formula is C29H34N4O2. The number of carbonyl (C=O) groups excluding carboxylic acids is 1. The number of hydrogen-bond acceptors (Lipinski definition) is 5. The van der Waals surface area contributed by atoms with Crippen molar-refractivity contribution in [1.82, 2.24) is 9.80 Å². The number of nitrogens with zero attached hydrogens (tertiary/aromatic N) is 4. The van der Waals surface area contributed by atoms with E-state index in [1.807, 2.05) is 35.2 Å². The molecule has 1 unspecified atom stereocenters. The van der Waals surface area contributed by atoms with Crippen LogP contribution in [-0.2, 0) is 10.2 Å². The molecule has 0 radical (unpaired) electrons. The van der Waals surface area contributed by atoms with E-state index in [0.29, 0.717) is 12.2 Å². The van der Waals surface area contributed by atoms with Crippen molar-refractivity contribution in [2.24, 2.45) is 5.92 Å². The van der Waals surface area contributed by atoms with E-state index in [4.69, 9.17) is 10.00 Å². The minimum absolute atomic E-state index is 0.0650. The molecule has 0 bridgehead atoms. The molecule has 0 saturated carbocycles. The van der Waals surface area contributed by atoms with Crippen LogP contribution in [0.1, 0.15) is 50.2 Å². The van der Waals surface area contributed by atoms with E-state index in [9.17, 15) is 10.1 Å². The normalized spacial score (nSPS) is 20.5. The van der Waals surface area contributed by atoms with Crippen LogP contribution in [0.2, 0.25) is 0 Å². The van der Waals surface area contributed by atoms with Crippen molar-refractivity contribution in [3.05, 3.63) is 65.7 Å². The van der Waals surface area contributed by atoms with Crippen molar-refractivity contribution >= 4 is 5.91 Å². The number of hydrogen-bond donors (Lipinski definition) is 0. The van der Waals surface area contributed by atoms with Gasteiger partial charge in [-0.25, -0.2) is 0 Å². The van der Waals surface area contributed by atoms with Crippen LogP contribution in [0.15, 0.2) is 54.6 Å². The molecule has 2 aromatic carbocycles. The van der Waals surface area contributed by atoms with Crippen LogP contribution in [0.4, 0.5) is 0 Å². The highest BCUT2D eigenvalue weighted by Gasteiger charge is 2.52. The van der Waals surface area contributed by atoms with Gasteiger partial charge in [0.15, 0.2) is 0 Å². The Labute approximate surface area is 208 Å². The Morgan fingerprint density at radius 3 is 2.37 bits per heavy atom. The van der Waals surface area contributed by atoms with Crippen LogP contribution in [0, 0.1) is 28.6 Å². The van der Waals surface area contributed by atoms with Crippen molar-refractivity contribution in [3.63, 3.8) is 0 Å². The predicted molar refractivity (Wildman–Crippen MR) is 135 cm³/mol. The second-order valence-corrected chi connectivity index (χ2v) is 9.67. The molecule has 35 heavy (non-hydrogen) atoms. The first-order valence-electron chi connectivity index (χ1n) is 12.7. The van der Waals surface area contributed by atoms with Crippen LogP contribution in [-0.4, -0.2) is 54.5 Å². The van der Waals surface area contributed by atoms with Gasteiger partial charge in [0, 0.05) is 20.0 Å². The highest BCUT2D eigenvalue weighted by atomic mass is 16.5. The minimum Gasteiger partial charge on any atom is -0.494 e. The topological polar surface area (TPSA) is 80.4 Å². The van der Waals surface area contributed by atoms with Gasteiger partial charge in [0.2, 0.25) is 5.91 Å². The van der Waals surface area contributed by atoms with Gasteiger partial charge in [-0.05, 0) is 80.9 Å². The quantitative estimate of drug-likeness (QED) is 0.530. The molecule has 2 atom stereocenters. The lowest BCUT2D eigenvalue weighted by Crippen LogP contribution is -2.54. The van der Waals surface area contributed by atoms with E-state index in [1.165, 1.54) is 0 Å². The summed E-state index contributed by atoms with van der Waals surface area (Å²) in [6, 6.07) is 22.2. The molecule has 2 aliphatic heterocycles. The maximum absolute atomic E-state index is 12.4. The van der Waals surface area contributed by atoms with Crippen molar-refractivity contribution in [1.29, 1.82) is 10.5 Å². The molecule has 2 saturated heterocycles. The third-order valence-corrected chi connectivity index (χ3v) is 7.72. The number of likely N-dealkylation sites (tertiary alicyclic amines) is 2. The zero-order valence-corrected chi connectivity index (χ0v) is 20.5. The standard InChI is InChI=1S/C29H34N4O2/c1-23(34)33-17-5-9-28(33)29(22-31,25-7-3-2-4-8-25)26-14-18-32(19-15-26)16-6-20-35-27-12-10-24(21-30)11-13-27/h2-4,7-8,10-13,26,28H,5-6,9,14-20H2,1H3/t28-,29?/m1/s1. The summed E-state index contributed by atoms with van der Waals surface area (Å²) >= 11 is 0. The second-order valence-electron chi connectivity index (χ2n) is 9.67. The molecule has 0 N–H and O–H groups in total. The fourth-order valence-electron chi connectivity index (χ4n) is 5.98. The van der Waals surface area contributed by atoms with Gasteiger partial charge in [0.25, 0.3) is 0 Å². The van der Waals surface area contributed by atoms with E-state index in [-0.39, 0.29) is 17.9 Å². The highest BCUT2D eigenvalue weighted by Crippen LogP contribution is 2.46. The minimum atomic E-state index is -0.672. The zero-order valence-electron chi connectivity index (χ0n) is 20.5. The Morgan fingerprint density at radius 2 is 1.74 bits per heavy atom. The van der Waals surface area contributed by atoms with Crippen molar-refractivity contribution < 1.29 is 9.53 Å². The van der Waals surface area contributed by atoms with Crippen LogP contribution < -0.4 is 4.74 Å². The zero-order chi connectivity index (χ0) is 24.7. The maximum Gasteiger partial charge on any atom is 0.219 e. The summed E-state index contributed by atoms with van der Waals surface area (Å²) in [4.78, 5) is 16.9. The van der Waals surface area contributed by atoms with Gasteiger partial charge in [0.05, 0.1) is 30.4 Å². The second kappa shape index (κ2) is 11.4. The molecule has 0 aromatic heterocycles. The molecule has 4 rings (SSSR count). The number of carbonyl (C=O) groups is 1. The van der Waals surface area contributed by atoms with Crippen molar-refractivity contribution in [3.8, 4) is 17.9 Å². The van der Waals surface area contributed by atoms with Crippen LogP contribution in [0.3, 0.4) is 0 Å². The Balaban J connectivity index is 1.38. The molecule has 2 aromatic rings. The summed E-state index contributed by atoms with van der Waals surface area (Å²) in [5.41, 5.74) is 1.01. The lowest BCUT2D eigenvalue weighted by molar-refractivity contribution is -0.131. The van der Waals surface area contributed by atoms with E-state index >= 15 is 0 Å². The summed E-state index contributed by atoms with van der Waals surface area (Å²) in [6.45, 7) is 5.86. The fraction of sp³-hybridized carbons (Fsp3) is 0.483. The first-order chi connectivity index (χ1) is 17.1. The van der Waals surface area contributed by atoms with Crippen molar-refractivity contribution in [2.75, 3.05) is 32.8 Å². The summed E-state index contributed by atoms with van der Waals surface area (Å²) in [5, 5.41) is 19.6. The van der Waals surface area contributed by atoms with Gasteiger partial charge in [-0.2, -0.15) is 10.5 Å². The Kier molecular flexibility index (Phi) is 8.06. The van der Waals surface area contributed by atoms with Crippen LogP contribution >= 0.6 is 0 Å². The van der Waals surface area contributed by atoms with Gasteiger partial charge >= 0.3 is 0 Å². The SMILES string of the molecule is CC(=O)N1CCC[C@@H]1C(C#N)(c1ccccc1)C1CCN(CCCOc2ccc(C#N)cc2)CC1. The van der Waals surface area contributed by atoms with Gasteiger partial charge in [-0.1, -0.05) is 30.3 Å². The smallest absolute Gasteiger partial charge is 0.219 e. The Hall–Kier alpha value is -3.35.